The van der Waals surface area contributed by atoms with E-state index in [2.05, 4.69) is 10.2 Å². The minimum absolute atomic E-state index is 0.0710. The van der Waals surface area contributed by atoms with Gasteiger partial charge in [-0.1, -0.05) is 6.42 Å². The van der Waals surface area contributed by atoms with Crippen molar-refractivity contribution in [1.29, 1.82) is 0 Å². The van der Waals surface area contributed by atoms with Crippen molar-refractivity contribution in [2.75, 3.05) is 13.1 Å². The van der Waals surface area contributed by atoms with Crippen LogP contribution in [-0.2, 0) is 4.74 Å². The van der Waals surface area contributed by atoms with Crippen LogP contribution in [0.15, 0.2) is 0 Å². The van der Waals surface area contributed by atoms with E-state index < -0.39 is 0 Å². The lowest BCUT2D eigenvalue weighted by atomic mass is 9.90. The van der Waals surface area contributed by atoms with E-state index in [4.69, 9.17) is 4.74 Å². The van der Waals surface area contributed by atoms with Crippen molar-refractivity contribution >= 4 is 6.09 Å². The van der Waals surface area contributed by atoms with Crippen molar-refractivity contribution < 1.29 is 9.53 Å². The molecule has 1 aliphatic heterocycles. The fraction of sp³-hybridized carbons (Fsp3) is 0.929. The van der Waals surface area contributed by atoms with Crippen molar-refractivity contribution in [3.05, 3.63) is 0 Å². The van der Waals surface area contributed by atoms with Crippen LogP contribution in [0.3, 0.4) is 0 Å². The van der Waals surface area contributed by atoms with Gasteiger partial charge in [0.2, 0.25) is 0 Å². The summed E-state index contributed by atoms with van der Waals surface area (Å²) in [6.45, 7) is 8.00. The Morgan fingerprint density at radius 3 is 2.50 bits per heavy atom. The summed E-state index contributed by atoms with van der Waals surface area (Å²) in [5, 5.41) is 2.86. The van der Waals surface area contributed by atoms with E-state index in [0.29, 0.717) is 0 Å². The van der Waals surface area contributed by atoms with Crippen LogP contribution in [0, 0.1) is 0 Å². The van der Waals surface area contributed by atoms with Crippen molar-refractivity contribution in [2.24, 2.45) is 0 Å². The molecule has 1 saturated heterocycles. The van der Waals surface area contributed by atoms with Crippen LogP contribution in [0.5, 0.6) is 0 Å². The van der Waals surface area contributed by atoms with Gasteiger partial charge in [0.05, 0.1) is 0 Å². The molecular weight excluding hydrogens is 228 g/mol. The minimum atomic E-state index is -0.275. The number of likely N-dealkylation sites (tertiary alicyclic amines) is 1. The normalized spacial score (nSPS) is 26.5. The fourth-order valence-electron chi connectivity index (χ4n) is 2.63. The second kappa shape index (κ2) is 5.47. The molecule has 0 unspecified atom stereocenters. The first-order valence-corrected chi connectivity index (χ1v) is 7.17. The molecule has 1 aliphatic carbocycles. The zero-order valence-corrected chi connectivity index (χ0v) is 11.9. The highest BCUT2D eigenvalue weighted by Crippen LogP contribution is 2.28. The molecule has 0 aromatic heterocycles. The van der Waals surface area contributed by atoms with Gasteiger partial charge in [-0.15, -0.1) is 0 Å². The maximum atomic E-state index is 11.7. The van der Waals surface area contributed by atoms with Crippen LogP contribution >= 0.6 is 0 Å². The van der Waals surface area contributed by atoms with Crippen LogP contribution in [-0.4, -0.2) is 41.8 Å². The predicted molar refractivity (Wildman–Crippen MR) is 71.6 cm³/mol. The Morgan fingerprint density at radius 2 is 1.94 bits per heavy atom. The molecule has 2 fully saturated rings. The molecule has 0 radical (unpaired) electrons. The highest BCUT2D eigenvalue weighted by molar-refractivity contribution is 5.68. The third-order valence-corrected chi connectivity index (χ3v) is 3.75. The molecule has 4 heteroatoms. The average Bonchev–Trinajstić information content (AvgIpc) is 2.11. The number of alkyl carbamates (subject to hydrolysis) is 1. The van der Waals surface area contributed by atoms with Gasteiger partial charge in [0, 0.05) is 18.1 Å². The molecule has 0 bridgehead atoms. The number of rotatable bonds is 2. The smallest absolute Gasteiger partial charge is 0.407 e. The molecule has 0 aromatic rings. The van der Waals surface area contributed by atoms with Gasteiger partial charge in [-0.3, -0.25) is 4.90 Å². The molecule has 2 rings (SSSR count). The van der Waals surface area contributed by atoms with Crippen molar-refractivity contribution in [3.63, 3.8) is 0 Å². The number of carbonyl (C=O) groups excluding carboxylic acids is 1. The lowest BCUT2D eigenvalue weighted by molar-refractivity contribution is 0.00825. The summed E-state index contributed by atoms with van der Waals surface area (Å²) in [4.78, 5) is 14.2. The maximum Gasteiger partial charge on any atom is 0.407 e. The molecular formula is C14H26N2O2. The Bertz CT molecular complexity index is 295. The van der Waals surface area contributed by atoms with Gasteiger partial charge in [0.15, 0.2) is 0 Å². The van der Waals surface area contributed by atoms with E-state index in [0.717, 1.165) is 25.4 Å². The highest BCUT2D eigenvalue weighted by Gasteiger charge is 2.31. The summed E-state index contributed by atoms with van der Waals surface area (Å²) in [6.07, 6.45) is 5.94. The van der Waals surface area contributed by atoms with Gasteiger partial charge in [0.25, 0.3) is 0 Å². The number of hydrogen-bond acceptors (Lipinski definition) is 3. The number of nitrogens with one attached hydrogen (secondary N) is 1. The molecule has 1 heterocycles. The number of carbonyl (C=O) groups is 1. The van der Waals surface area contributed by atoms with E-state index in [1.54, 1.807) is 0 Å². The van der Waals surface area contributed by atoms with Crippen molar-refractivity contribution in [1.82, 2.24) is 10.2 Å². The minimum Gasteiger partial charge on any atom is -0.445 e. The lowest BCUT2D eigenvalue weighted by Crippen LogP contribution is -2.50. The summed E-state index contributed by atoms with van der Waals surface area (Å²) in [7, 11) is 0. The second-order valence-electron chi connectivity index (χ2n) is 6.62. The zero-order valence-electron chi connectivity index (χ0n) is 11.9. The first-order chi connectivity index (χ1) is 8.44. The average molecular weight is 254 g/mol. The van der Waals surface area contributed by atoms with Gasteiger partial charge in [-0.05, 0) is 53.0 Å². The molecule has 0 aromatic carbocycles. The Balaban J connectivity index is 1.76. The van der Waals surface area contributed by atoms with E-state index in [9.17, 15) is 4.79 Å². The maximum absolute atomic E-state index is 11.7. The van der Waals surface area contributed by atoms with E-state index in [-0.39, 0.29) is 17.7 Å². The third kappa shape index (κ3) is 3.87. The largest absolute Gasteiger partial charge is 0.445 e. The fourth-order valence-corrected chi connectivity index (χ4v) is 2.63. The lowest BCUT2D eigenvalue weighted by Gasteiger charge is -2.42. The van der Waals surface area contributed by atoms with Crippen molar-refractivity contribution in [3.8, 4) is 0 Å². The topological polar surface area (TPSA) is 41.6 Å². The molecule has 18 heavy (non-hydrogen) atoms. The quantitative estimate of drug-likeness (QED) is 0.823. The molecule has 2 aliphatic rings. The predicted octanol–water partition coefficient (Wildman–Crippen LogP) is 2.53. The van der Waals surface area contributed by atoms with Gasteiger partial charge in [0.1, 0.15) is 6.10 Å². The summed E-state index contributed by atoms with van der Waals surface area (Å²) in [5.41, 5.74) is -0.223. The second-order valence-corrected chi connectivity index (χ2v) is 6.62. The first kappa shape index (κ1) is 13.7. The number of ether oxygens (including phenoxy) is 1. The Labute approximate surface area is 110 Å². The van der Waals surface area contributed by atoms with E-state index in [1.807, 2.05) is 20.8 Å². The Morgan fingerprint density at radius 1 is 1.22 bits per heavy atom. The van der Waals surface area contributed by atoms with Gasteiger partial charge in [-0.2, -0.15) is 0 Å². The summed E-state index contributed by atoms with van der Waals surface area (Å²) in [6, 6.07) is 0.752. The molecule has 4 nitrogen and oxygen atoms in total. The number of nitrogens with zero attached hydrogens (tertiary/aromatic N) is 1. The van der Waals surface area contributed by atoms with Gasteiger partial charge in [-0.25, -0.2) is 4.79 Å². The van der Waals surface area contributed by atoms with Crippen LogP contribution in [0.2, 0.25) is 0 Å². The Kier molecular flexibility index (Phi) is 4.15. The highest BCUT2D eigenvalue weighted by atomic mass is 16.6. The molecule has 1 atom stereocenters. The van der Waals surface area contributed by atoms with Crippen molar-refractivity contribution in [2.45, 2.75) is 70.6 Å². The molecule has 1 saturated carbocycles. The first-order valence-electron chi connectivity index (χ1n) is 7.17. The molecule has 0 spiro atoms. The number of piperidine rings is 1. The Hall–Kier alpha value is -0.770. The van der Waals surface area contributed by atoms with Gasteiger partial charge < -0.3 is 10.1 Å². The summed E-state index contributed by atoms with van der Waals surface area (Å²) >= 11 is 0. The van der Waals surface area contributed by atoms with Crippen LogP contribution in [0.25, 0.3) is 0 Å². The number of amides is 1. The van der Waals surface area contributed by atoms with Crippen LogP contribution in [0.1, 0.15) is 52.9 Å². The molecule has 104 valence electrons. The summed E-state index contributed by atoms with van der Waals surface area (Å²) in [5.74, 6) is 0. The van der Waals surface area contributed by atoms with Crippen LogP contribution in [0.4, 0.5) is 4.79 Å². The number of hydrogen-bond donors (Lipinski definition) is 1. The van der Waals surface area contributed by atoms with E-state index in [1.165, 1.54) is 25.8 Å². The monoisotopic (exact) mass is 254 g/mol. The summed E-state index contributed by atoms with van der Waals surface area (Å²) < 4.78 is 5.52. The zero-order chi connectivity index (χ0) is 13.2. The SMILES string of the molecule is CC(C)(C)NC(=O)O[C@@H]1CCCN(C2CCC2)C1. The molecule has 1 N–H and O–H groups in total. The van der Waals surface area contributed by atoms with Crippen LogP contribution < -0.4 is 5.32 Å². The standard InChI is InChI=1S/C14H26N2O2/c1-14(2,3)15-13(17)18-12-8-5-9-16(10-12)11-6-4-7-11/h11-12H,4-10H2,1-3H3,(H,15,17)/t12-/m1/s1. The molecule has 1 amide bonds. The third-order valence-electron chi connectivity index (χ3n) is 3.75. The van der Waals surface area contributed by atoms with Gasteiger partial charge >= 0.3 is 6.09 Å². The van der Waals surface area contributed by atoms with E-state index >= 15 is 0 Å².